The van der Waals surface area contributed by atoms with Crippen LogP contribution in [0.25, 0.3) is 0 Å². The van der Waals surface area contributed by atoms with E-state index in [-0.39, 0.29) is 6.04 Å². The Kier molecular flexibility index (Phi) is 4.60. The van der Waals surface area contributed by atoms with Crippen molar-refractivity contribution in [2.45, 2.75) is 32.7 Å². The summed E-state index contributed by atoms with van der Waals surface area (Å²) in [4.78, 5) is 1.34. The van der Waals surface area contributed by atoms with Gasteiger partial charge < -0.3 is 5.73 Å². The van der Waals surface area contributed by atoms with Gasteiger partial charge in [0.25, 0.3) is 0 Å². The Balaban J connectivity index is 2.03. The lowest BCUT2D eigenvalue weighted by Gasteiger charge is -2.12. The Morgan fingerprint density at radius 1 is 1.17 bits per heavy atom. The van der Waals surface area contributed by atoms with Crippen molar-refractivity contribution in [2.75, 3.05) is 0 Å². The van der Waals surface area contributed by atoms with Gasteiger partial charge in [-0.1, -0.05) is 29.3 Å². The maximum absolute atomic E-state index is 6.25. The topological polar surface area (TPSA) is 26.0 Å². The third kappa shape index (κ3) is 3.67. The van der Waals surface area contributed by atoms with Crippen molar-refractivity contribution in [3.8, 4) is 0 Å². The number of hydrogen-bond donors (Lipinski definition) is 1. The van der Waals surface area contributed by atoms with Crippen LogP contribution in [0.5, 0.6) is 0 Å². The van der Waals surface area contributed by atoms with E-state index in [4.69, 9.17) is 5.73 Å². The van der Waals surface area contributed by atoms with E-state index < -0.39 is 0 Å². The number of nitrogens with two attached hydrogens (primary N) is 1. The minimum Gasteiger partial charge on any atom is -0.327 e. The molecule has 2 aromatic rings. The first-order valence-electron chi connectivity index (χ1n) is 6.09. The van der Waals surface area contributed by atoms with E-state index in [2.05, 4.69) is 59.4 Å². The van der Waals surface area contributed by atoms with Gasteiger partial charge in [-0.25, -0.2) is 0 Å². The fourth-order valence-corrected chi connectivity index (χ4v) is 3.88. The van der Waals surface area contributed by atoms with Crippen LogP contribution in [-0.2, 0) is 12.8 Å². The molecule has 2 rings (SSSR count). The van der Waals surface area contributed by atoms with Gasteiger partial charge in [-0.15, -0.1) is 11.3 Å². The molecule has 0 aliphatic heterocycles. The summed E-state index contributed by atoms with van der Waals surface area (Å²) in [7, 11) is 0. The quantitative estimate of drug-likeness (QED) is 0.894. The molecule has 1 aromatic carbocycles. The van der Waals surface area contributed by atoms with Gasteiger partial charge >= 0.3 is 0 Å². The van der Waals surface area contributed by atoms with Crippen LogP contribution in [0.2, 0.25) is 0 Å². The number of aryl methyl sites for hydroxylation is 2. The van der Waals surface area contributed by atoms with E-state index in [1.807, 2.05) is 0 Å². The molecular weight excluding hydrogens is 306 g/mol. The molecule has 96 valence electrons. The zero-order valence-electron chi connectivity index (χ0n) is 10.7. The number of thiophene rings is 1. The molecule has 0 aliphatic carbocycles. The predicted molar refractivity (Wildman–Crippen MR) is 83.3 cm³/mol. The van der Waals surface area contributed by atoms with Crippen molar-refractivity contribution in [3.05, 3.63) is 55.7 Å². The minimum absolute atomic E-state index is 0.182. The van der Waals surface area contributed by atoms with Crippen molar-refractivity contribution in [3.63, 3.8) is 0 Å². The van der Waals surface area contributed by atoms with Crippen molar-refractivity contribution in [1.82, 2.24) is 0 Å². The molecular formula is C15H18BrNS. The molecule has 2 N–H and O–H groups in total. The second kappa shape index (κ2) is 6.00. The van der Waals surface area contributed by atoms with Crippen LogP contribution in [0, 0.1) is 13.8 Å². The molecule has 0 amide bonds. The molecule has 0 spiro atoms. The van der Waals surface area contributed by atoms with E-state index in [9.17, 15) is 0 Å². The SMILES string of the molecule is Cc1cc(C)cc(CC(N)Cc2sccc2Br)c1. The lowest BCUT2D eigenvalue weighted by molar-refractivity contribution is 0.669. The molecule has 0 saturated carbocycles. The molecule has 0 radical (unpaired) electrons. The summed E-state index contributed by atoms with van der Waals surface area (Å²) < 4.78 is 1.18. The lowest BCUT2D eigenvalue weighted by Crippen LogP contribution is -2.25. The highest BCUT2D eigenvalue weighted by Crippen LogP contribution is 2.24. The van der Waals surface area contributed by atoms with Crippen molar-refractivity contribution < 1.29 is 0 Å². The molecule has 1 atom stereocenters. The third-order valence-electron chi connectivity index (χ3n) is 2.92. The van der Waals surface area contributed by atoms with Crippen LogP contribution in [-0.4, -0.2) is 6.04 Å². The van der Waals surface area contributed by atoms with E-state index in [0.717, 1.165) is 12.8 Å². The smallest absolute Gasteiger partial charge is 0.0314 e. The standard InChI is InChI=1S/C15H18BrNS/c1-10-5-11(2)7-12(6-10)8-13(17)9-15-14(16)3-4-18-15/h3-7,13H,8-9,17H2,1-2H3. The summed E-state index contributed by atoms with van der Waals surface area (Å²) in [5.74, 6) is 0. The van der Waals surface area contributed by atoms with Gasteiger partial charge in [0.05, 0.1) is 0 Å². The summed E-state index contributed by atoms with van der Waals surface area (Å²) >= 11 is 5.33. The van der Waals surface area contributed by atoms with Crippen LogP contribution in [0.3, 0.4) is 0 Å². The van der Waals surface area contributed by atoms with Gasteiger partial charge in [-0.3, -0.25) is 0 Å². The summed E-state index contributed by atoms with van der Waals surface area (Å²) in [5.41, 5.74) is 10.2. The van der Waals surface area contributed by atoms with Crippen molar-refractivity contribution in [1.29, 1.82) is 0 Å². The molecule has 1 heterocycles. The van der Waals surface area contributed by atoms with E-state index >= 15 is 0 Å². The minimum atomic E-state index is 0.182. The summed E-state index contributed by atoms with van der Waals surface area (Å²) in [6, 6.07) is 8.93. The Hall–Kier alpha value is -0.640. The Morgan fingerprint density at radius 2 is 1.83 bits per heavy atom. The normalized spacial score (nSPS) is 12.7. The largest absolute Gasteiger partial charge is 0.327 e. The Bertz CT molecular complexity index is 513. The maximum atomic E-state index is 6.25. The van der Waals surface area contributed by atoms with Crippen LogP contribution in [0.4, 0.5) is 0 Å². The zero-order chi connectivity index (χ0) is 13.1. The highest BCUT2D eigenvalue weighted by Gasteiger charge is 2.09. The molecule has 3 heteroatoms. The maximum Gasteiger partial charge on any atom is 0.0314 e. The van der Waals surface area contributed by atoms with E-state index in [1.165, 1.54) is 26.0 Å². The van der Waals surface area contributed by atoms with Gasteiger partial charge in [-0.05, 0) is 59.6 Å². The van der Waals surface area contributed by atoms with Crippen molar-refractivity contribution in [2.24, 2.45) is 5.73 Å². The second-order valence-electron chi connectivity index (χ2n) is 4.86. The first-order chi connectivity index (χ1) is 8.54. The zero-order valence-corrected chi connectivity index (χ0v) is 13.1. The molecule has 0 saturated heterocycles. The molecule has 0 bridgehead atoms. The monoisotopic (exact) mass is 323 g/mol. The third-order valence-corrected chi connectivity index (χ3v) is 4.87. The van der Waals surface area contributed by atoms with Crippen LogP contribution >= 0.6 is 27.3 Å². The summed E-state index contributed by atoms with van der Waals surface area (Å²) in [5, 5.41) is 2.10. The van der Waals surface area contributed by atoms with E-state index in [1.54, 1.807) is 11.3 Å². The van der Waals surface area contributed by atoms with Crippen LogP contribution in [0.15, 0.2) is 34.1 Å². The van der Waals surface area contributed by atoms with Crippen LogP contribution in [0.1, 0.15) is 21.6 Å². The summed E-state index contributed by atoms with van der Waals surface area (Å²) in [6.07, 6.45) is 1.87. The lowest BCUT2D eigenvalue weighted by atomic mass is 10.00. The fourth-order valence-electron chi connectivity index (χ4n) is 2.27. The molecule has 18 heavy (non-hydrogen) atoms. The van der Waals surface area contributed by atoms with Gasteiger partial charge in [0.1, 0.15) is 0 Å². The second-order valence-corrected chi connectivity index (χ2v) is 6.71. The fraction of sp³-hybridized carbons (Fsp3) is 0.333. The average molecular weight is 324 g/mol. The Morgan fingerprint density at radius 3 is 2.39 bits per heavy atom. The highest BCUT2D eigenvalue weighted by atomic mass is 79.9. The number of halogens is 1. The van der Waals surface area contributed by atoms with E-state index in [0.29, 0.717) is 0 Å². The van der Waals surface area contributed by atoms with Crippen LogP contribution < -0.4 is 5.73 Å². The highest BCUT2D eigenvalue weighted by molar-refractivity contribution is 9.10. The first-order valence-corrected chi connectivity index (χ1v) is 7.76. The molecule has 1 unspecified atom stereocenters. The number of hydrogen-bond acceptors (Lipinski definition) is 2. The first kappa shape index (κ1) is 13.8. The van der Waals surface area contributed by atoms with Gasteiger partial charge in [0, 0.05) is 15.4 Å². The number of rotatable bonds is 4. The number of benzene rings is 1. The van der Waals surface area contributed by atoms with Gasteiger partial charge in [0.2, 0.25) is 0 Å². The molecule has 1 nitrogen and oxygen atoms in total. The molecule has 0 aliphatic rings. The van der Waals surface area contributed by atoms with Gasteiger partial charge in [0.15, 0.2) is 0 Å². The predicted octanol–water partition coefficient (Wildman–Crippen LogP) is 4.24. The van der Waals surface area contributed by atoms with Crippen molar-refractivity contribution >= 4 is 27.3 Å². The van der Waals surface area contributed by atoms with Gasteiger partial charge in [-0.2, -0.15) is 0 Å². The summed E-state index contributed by atoms with van der Waals surface area (Å²) in [6.45, 7) is 4.27. The molecule has 1 aromatic heterocycles. The Labute approximate surface area is 121 Å². The molecule has 0 fully saturated rings. The average Bonchev–Trinajstić information content (AvgIpc) is 2.62.